The molecule has 5 heteroatoms. The summed E-state index contributed by atoms with van der Waals surface area (Å²) in [4.78, 5) is 12.4. The monoisotopic (exact) mass is 232 g/mol. The predicted molar refractivity (Wildman–Crippen MR) is 63.6 cm³/mol. The Morgan fingerprint density at radius 3 is 2.76 bits per heavy atom. The second-order valence-electron chi connectivity index (χ2n) is 3.72. The van der Waals surface area contributed by atoms with Gasteiger partial charge in [-0.1, -0.05) is 13.3 Å². The molecule has 0 atom stereocenters. The summed E-state index contributed by atoms with van der Waals surface area (Å²) in [5.74, 6) is 0.462. The topological polar surface area (TPSA) is 64.7 Å². The smallest absolute Gasteiger partial charge is 0.180 e. The summed E-state index contributed by atoms with van der Waals surface area (Å²) >= 11 is 0. The molecule has 2 aromatic heterocycles. The predicted octanol–water partition coefficient (Wildman–Crippen LogP) is 2.21. The van der Waals surface area contributed by atoms with Crippen LogP contribution in [0.15, 0.2) is 24.4 Å². The summed E-state index contributed by atoms with van der Waals surface area (Å²) < 4.78 is 12.8. The lowest BCUT2D eigenvalue weighted by Crippen LogP contribution is -2.01. The molecule has 2 rings (SSSR count). The number of aromatic nitrogens is 3. The van der Waals surface area contributed by atoms with Gasteiger partial charge in [0.05, 0.1) is 6.20 Å². The Kier molecular flexibility index (Phi) is 3.27. The van der Waals surface area contributed by atoms with Crippen LogP contribution >= 0.6 is 0 Å². The number of nitrogens with zero attached hydrogens (tertiary/aromatic N) is 3. The van der Waals surface area contributed by atoms with E-state index in [1.165, 1.54) is 6.07 Å². The summed E-state index contributed by atoms with van der Waals surface area (Å²) in [6.45, 7) is 2.06. The maximum absolute atomic E-state index is 12.8. The van der Waals surface area contributed by atoms with Gasteiger partial charge in [0.1, 0.15) is 17.3 Å². The van der Waals surface area contributed by atoms with Crippen molar-refractivity contribution in [3.8, 4) is 11.5 Å². The second kappa shape index (κ2) is 4.86. The van der Waals surface area contributed by atoms with E-state index >= 15 is 0 Å². The van der Waals surface area contributed by atoms with Crippen LogP contribution in [0.5, 0.6) is 0 Å². The molecule has 0 saturated carbocycles. The standard InChI is InChI=1S/C12H13FN4/c1-2-3-9-6-11(14)17-12(16-9)10-5-4-8(13)7-15-10/h4-7H,2-3H2,1H3,(H2,14,16,17). The number of nitrogen functional groups attached to an aromatic ring is 1. The van der Waals surface area contributed by atoms with Crippen LogP contribution in [0.1, 0.15) is 19.0 Å². The number of anilines is 1. The molecule has 88 valence electrons. The lowest BCUT2D eigenvalue weighted by molar-refractivity contribution is 0.621. The third kappa shape index (κ3) is 2.75. The number of halogens is 1. The number of hydrogen-bond donors (Lipinski definition) is 1. The fourth-order valence-corrected chi connectivity index (χ4v) is 1.53. The van der Waals surface area contributed by atoms with E-state index in [0.29, 0.717) is 17.3 Å². The molecule has 0 aromatic carbocycles. The van der Waals surface area contributed by atoms with Crippen molar-refractivity contribution in [2.45, 2.75) is 19.8 Å². The summed E-state index contributed by atoms with van der Waals surface area (Å²) in [6, 6.07) is 4.62. The zero-order chi connectivity index (χ0) is 12.3. The molecule has 0 aliphatic rings. The maximum Gasteiger partial charge on any atom is 0.180 e. The molecule has 0 aliphatic heterocycles. The first-order valence-electron chi connectivity index (χ1n) is 5.44. The largest absolute Gasteiger partial charge is 0.384 e. The fourth-order valence-electron chi connectivity index (χ4n) is 1.53. The SMILES string of the molecule is CCCc1cc(N)nc(-c2ccc(F)cn2)n1. The molecule has 17 heavy (non-hydrogen) atoms. The lowest BCUT2D eigenvalue weighted by Gasteiger charge is -2.04. The van der Waals surface area contributed by atoms with Gasteiger partial charge in [0.25, 0.3) is 0 Å². The number of rotatable bonds is 3. The Bertz CT molecular complexity index is 510. The third-order valence-corrected chi connectivity index (χ3v) is 2.26. The molecule has 0 unspecified atom stereocenters. The van der Waals surface area contributed by atoms with E-state index < -0.39 is 0 Å². The van der Waals surface area contributed by atoms with Gasteiger partial charge in [-0.25, -0.2) is 19.3 Å². The Balaban J connectivity index is 2.40. The van der Waals surface area contributed by atoms with Gasteiger partial charge in [-0.3, -0.25) is 0 Å². The summed E-state index contributed by atoms with van der Waals surface area (Å²) in [5.41, 5.74) is 7.10. The number of pyridine rings is 1. The Morgan fingerprint density at radius 2 is 2.12 bits per heavy atom. The van der Waals surface area contributed by atoms with E-state index in [1.807, 2.05) is 0 Å². The van der Waals surface area contributed by atoms with Gasteiger partial charge < -0.3 is 5.73 Å². The minimum absolute atomic E-state index is 0.383. The second-order valence-corrected chi connectivity index (χ2v) is 3.72. The van der Waals surface area contributed by atoms with Crippen molar-refractivity contribution < 1.29 is 4.39 Å². The van der Waals surface area contributed by atoms with Gasteiger partial charge in [0.2, 0.25) is 0 Å². The van der Waals surface area contributed by atoms with Crippen molar-refractivity contribution in [1.29, 1.82) is 0 Å². The molecule has 0 amide bonds. The van der Waals surface area contributed by atoms with E-state index in [0.717, 1.165) is 24.7 Å². The van der Waals surface area contributed by atoms with Gasteiger partial charge in [-0.15, -0.1) is 0 Å². The van der Waals surface area contributed by atoms with Gasteiger partial charge in [-0.05, 0) is 18.6 Å². The molecule has 0 aliphatic carbocycles. The van der Waals surface area contributed by atoms with Crippen LogP contribution in [-0.2, 0) is 6.42 Å². The average molecular weight is 232 g/mol. The molecule has 0 saturated heterocycles. The Labute approximate surface area is 98.7 Å². The van der Waals surface area contributed by atoms with Crippen molar-refractivity contribution in [3.05, 3.63) is 35.9 Å². The summed E-state index contributed by atoms with van der Waals surface area (Å²) in [5, 5.41) is 0. The first kappa shape index (κ1) is 11.4. The molecular weight excluding hydrogens is 219 g/mol. The highest BCUT2D eigenvalue weighted by Gasteiger charge is 2.06. The first-order chi connectivity index (χ1) is 8.19. The molecule has 0 fully saturated rings. The average Bonchev–Trinajstić information content (AvgIpc) is 2.29. The van der Waals surface area contributed by atoms with Gasteiger partial charge in [-0.2, -0.15) is 0 Å². The quantitative estimate of drug-likeness (QED) is 0.881. The molecule has 0 spiro atoms. The maximum atomic E-state index is 12.8. The first-order valence-corrected chi connectivity index (χ1v) is 5.44. The number of aryl methyl sites for hydroxylation is 1. The molecule has 4 nitrogen and oxygen atoms in total. The number of nitrogens with two attached hydrogens (primary N) is 1. The highest BCUT2D eigenvalue weighted by atomic mass is 19.1. The lowest BCUT2D eigenvalue weighted by atomic mass is 10.2. The van der Waals surface area contributed by atoms with Gasteiger partial charge in [0, 0.05) is 11.8 Å². The molecule has 0 radical (unpaired) electrons. The van der Waals surface area contributed by atoms with Crippen LogP contribution in [0.2, 0.25) is 0 Å². The van der Waals surface area contributed by atoms with Crippen LogP contribution in [0.25, 0.3) is 11.5 Å². The summed E-state index contributed by atoms with van der Waals surface area (Å²) in [7, 11) is 0. The van der Waals surface area contributed by atoms with Crippen molar-refractivity contribution in [2.24, 2.45) is 0 Å². The van der Waals surface area contributed by atoms with Crippen LogP contribution in [-0.4, -0.2) is 15.0 Å². The van der Waals surface area contributed by atoms with E-state index in [-0.39, 0.29) is 5.82 Å². The minimum Gasteiger partial charge on any atom is -0.384 e. The Hall–Kier alpha value is -2.04. The van der Waals surface area contributed by atoms with E-state index in [1.54, 1.807) is 12.1 Å². The fraction of sp³-hybridized carbons (Fsp3) is 0.250. The Morgan fingerprint density at radius 1 is 1.29 bits per heavy atom. The van der Waals surface area contributed by atoms with E-state index in [9.17, 15) is 4.39 Å². The van der Waals surface area contributed by atoms with Crippen LogP contribution in [0.4, 0.5) is 10.2 Å². The summed E-state index contributed by atoms with van der Waals surface area (Å²) in [6.07, 6.45) is 2.95. The van der Waals surface area contributed by atoms with Crippen LogP contribution < -0.4 is 5.73 Å². The van der Waals surface area contributed by atoms with Crippen molar-refractivity contribution in [1.82, 2.24) is 15.0 Å². The van der Waals surface area contributed by atoms with Crippen molar-refractivity contribution in [2.75, 3.05) is 5.73 Å². The zero-order valence-corrected chi connectivity index (χ0v) is 9.52. The molecule has 2 heterocycles. The molecule has 2 aromatic rings. The van der Waals surface area contributed by atoms with Crippen molar-refractivity contribution >= 4 is 5.82 Å². The van der Waals surface area contributed by atoms with Gasteiger partial charge in [0.15, 0.2) is 5.82 Å². The van der Waals surface area contributed by atoms with E-state index in [4.69, 9.17) is 5.73 Å². The number of hydrogen-bond acceptors (Lipinski definition) is 4. The molecule has 2 N–H and O–H groups in total. The highest BCUT2D eigenvalue weighted by Crippen LogP contribution is 2.15. The van der Waals surface area contributed by atoms with Crippen LogP contribution in [0.3, 0.4) is 0 Å². The zero-order valence-electron chi connectivity index (χ0n) is 9.52. The van der Waals surface area contributed by atoms with E-state index in [2.05, 4.69) is 21.9 Å². The molecular formula is C12H13FN4. The third-order valence-electron chi connectivity index (χ3n) is 2.26. The van der Waals surface area contributed by atoms with Gasteiger partial charge >= 0.3 is 0 Å². The van der Waals surface area contributed by atoms with Crippen LogP contribution in [0, 0.1) is 5.82 Å². The molecule has 0 bridgehead atoms. The highest BCUT2D eigenvalue weighted by molar-refractivity contribution is 5.51. The normalized spacial score (nSPS) is 10.5. The minimum atomic E-state index is -0.383. The van der Waals surface area contributed by atoms with Crippen molar-refractivity contribution in [3.63, 3.8) is 0 Å².